The van der Waals surface area contributed by atoms with Gasteiger partial charge in [0.2, 0.25) is 5.91 Å². The van der Waals surface area contributed by atoms with Crippen LogP contribution in [-0.2, 0) is 4.79 Å². The summed E-state index contributed by atoms with van der Waals surface area (Å²) in [5.41, 5.74) is 3.72. The van der Waals surface area contributed by atoms with E-state index in [1.807, 2.05) is 61.5 Å². The number of aromatic amines is 1. The maximum atomic E-state index is 12.9. The molecule has 0 radical (unpaired) electrons. The number of carbonyl (C=O) groups excluding carboxylic acids is 1. The van der Waals surface area contributed by atoms with Crippen LogP contribution in [0.3, 0.4) is 0 Å². The monoisotopic (exact) mass is 525 g/mol. The molecule has 1 unspecified atom stereocenters. The minimum Gasteiger partial charge on any atom is -0.494 e. The van der Waals surface area contributed by atoms with Gasteiger partial charge in [0.1, 0.15) is 0 Å². The standard InChI is InChI=1S/C30H31N5O4/c1-19(35-16-14-34(2)15-17-35)28(36)32-23-11-9-22(10-12-23)31-27(20-6-4-3-5-7-20)26-24-13-8-21(30(38)39)18-25(24)33-29(26)37/h3-13,18-19,33,37H,14-17H2,1-2H3,(H,32,36)(H,38,39). The molecule has 1 saturated heterocycles. The first kappa shape index (κ1) is 26.1. The van der Waals surface area contributed by atoms with Gasteiger partial charge in [-0.1, -0.05) is 36.4 Å². The summed E-state index contributed by atoms with van der Waals surface area (Å²) in [6.07, 6.45) is 0. The number of aromatic nitrogens is 1. The second-order valence-electron chi connectivity index (χ2n) is 9.79. The number of aromatic hydroxyl groups is 1. The van der Waals surface area contributed by atoms with Crippen LogP contribution in [0.2, 0.25) is 0 Å². The van der Waals surface area contributed by atoms with Gasteiger partial charge in [-0.25, -0.2) is 9.79 Å². The van der Waals surface area contributed by atoms with Crippen molar-refractivity contribution in [3.05, 3.63) is 89.5 Å². The van der Waals surface area contributed by atoms with Gasteiger partial charge in [-0.05, 0) is 50.4 Å². The van der Waals surface area contributed by atoms with Gasteiger partial charge in [-0.3, -0.25) is 9.69 Å². The topological polar surface area (TPSA) is 121 Å². The van der Waals surface area contributed by atoms with E-state index in [-0.39, 0.29) is 23.4 Å². The molecule has 9 nitrogen and oxygen atoms in total. The fraction of sp³-hybridized carbons (Fsp3) is 0.233. The number of amides is 1. The number of carboxylic acids is 1. The third-order valence-corrected chi connectivity index (χ3v) is 7.15. The largest absolute Gasteiger partial charge is 0.494 e. The number of carboxylic acid groups (broad SMARTS) is 1. The molecular weight excluding hydrogens is 494 g/mol. The Morgan fingerprint density at radius 3 is 2.31 bits per heavy atom. The number of hydrogen-bond donors (Lipinski definition) is 4. The van der Waals surface area contributed by atoms with Gasteiger partial charge in [-0.2, -0.15) is 0 Å². The molecule has 3 aromatic carbocycles. The van der Waals surface area contributed by atoms with Gasteiger partial charge >= 0.3 is 5.97 Å². The molecule has 2 heterocycles. The molecule has 0 bridgehead atoms. The number of nitrogens with zero attached hydrogens (tertiary/aromatic N) is 3. The van der Waals surface area contributed by atoms with Crippen LogP contribution in [-0.4, -0.2) is 81.9 Å². The van der Waals surface area contributed by atoms with E-state index >= 15 is 0 Å². The second kappa shape index (κ2) is 11.1. The Morgan fingerprint density at radius 1 is 0.949 bits per heavy atom. The van der Waals surface area contributed by atoms with E-state index in [0.29, 0.717) is 33.6 Å². The molecule has 1 aliphatic rings. The van der Waals surface area contributed by atoms with Gasteiger partial charge in [-0.15, -0.1) is 0 Å². The number of benzene rings is 3. The first-order valence-corrected chi connectivity index (χ1v) is 12.9. The van der Waals surface area contributed by atoms with Crippen LogP contribution in [0, 0.1) is 0 Å². The van der Waals surface area contributed by atoms with E-state index < -0.39 is 5.97 Å². The van der Waals surface area contributed by atoms with Gasteiger partial charge in [0.25, 0.3) is 0 Å². The zero-order chi connectivity index (χ0) is 27.5. The number of fused-ring (bicyclic) bond motifs is 1. The van der Waals surface area contributed by atoms with Crippen LogP contribution < -0.4 is 5.32 Å². The predicted octanol–water partition coefficient (Wildman–Crippen LogP) is 4.32. The van der Waals surface area contributed by atoms with Gasteiger partial charge in [0.05, 0.1) is 28.6 Å². The molecule has 1 aromatic heterocycles. The Hall–Kier alpha value is -4.47. The van der Waals surface area contributed by atoms with Crippen molar-refractivity contribution < 1.29 is 19.8 Å². The normalized spacial score (nSPS) is 15.8. The molecule has 9 heteroatoms. The zero-order valence-corrected chi connectivity index (χ0v) is 21.9. The van der Waals surface area contributed by atoms with Crippen LogP contribution >= 0.6 is 0 Å². The summed E-state index contributed by atoms with van der Waals surface area (Å²) in [5.74, 6) is -1.20. The minimum atomic E-state index is -1.05. The molecule has 1 fully saturated rings. The number of H-pyrrole nitrogens is 1. The summed E-state index contributed by atoms with van der Waals surface area (Å²) >= 11 is 0. The van der Waals surface area contributed by atoms with E-state index in [2.05, 4.69) is 27.1 Å². The van der Waals surface area contributed by atoms with Crippen molar-refractivity contribution in [2.75, 3.05) is 38.5 Å². The van der Waals surface area contributed by atoms with Crippen molar-refractivity contribution in [2.24, 2.45) is 4.99 Å². The van der Waals surface area contributed by atoms with Crippen LogP contribution in [0.25, 0.3) is 10.9 Å². The highest BCUT2D eigenvalue weighted by Gasteiger charge is 2.24. The highest BCUT2D eigenvalue weighted by atomic mass is 16.4. The fourth-order valence-electron chi connectivity index (χ4n) is 4.79. The highest BCUT2D eigenvalue weighted by Crippen LogP contribution is 2.32. The first-order chi connectivity index (χ1) is 18.8. The fourth-order valence-corrected chi connectivity index (χ4v) is 4.79. The number of anilines is 1. The minimum absolute atomic E-state index is 0.0507. The van der Waals surface area contributed by atoms with Crippen molar-refractivity contribution in [2.45, 2.75) is 13.0 Å². The average molecular weight is 526 g/mol. The lowest BCUT2D eigenvalue weighted by molar-refractivity contribution is -0.121. The predicted molar refractivity (Wildman–Crippen MR) is 152 cm³/mol. The summed E-state index contributed by atoms with van der Waals surface area (Å²) < 4.78 is 0. The summed E-state index contributed by atoms with van der Waals surface area (Å²) in [5, 5.41) is 23.9. The molecule has 39 heavy (non-hydrogen) atoms. The number of aromatic carboxylic acids is 1. The van der Waals surface area contributed by atoms with E-state index in [0.717, 1.165) is 31.7 Å². The quantitative estimate of drug-likeness (QED) is 0.267. The first-order valence-electron chi connectivity index (χ1n) is 12.9. The molecule has 5 rings (SSSR count). The van der Waals surface area contributed by atoms with Crippen molar-refractivity contribution in [1.82, 2.24) is 14.8 Å². The lowest BCUT2D eigenvalue weighted by Crippen LogP contribution is -2.51. The number of aliphatic imine (C=N–C) groups is 1. The molecule has 1 aliphatic heterocycles. The Morgan fingerprint density at radius 2 is 1.64 bits per heavy atom. The van der Waals surface area contributed by atoms with Crippen LogP contribution in [0.1, 0.15) is 28.4 Å². The summed E-state index contributed by atoms with van der Waals surface area (Å²) in [4.78, 5) is 36.5. The Balaban J connectivity index is 1.43. The molecule has 1 atom stereocenters. The molecular formula is C30H31N5O4. The number of nitrogens with one attached hydrogen (secondary N) is 2. The maximum Gasteiger partial charge on any atom is 0.335 e. The molecule has 1 amide bonds. The lowest BCUT2D eigenvalue weighted by Gasteiger charge is -2.35. The number of carbonyl (C=O) groups is 2. The van der Waals surface area contributed by atoms with Crippen molar-refractivity contribution >= 4 is 39.9 Å². The molecule has 4 aromatic rings. The maximum absolute atomic E-state index is 12.9. The molecule has 0 aliphatic carbocycles. The number of piperazine rings is 1. The summed E-state index contributed by atoms with van der Waals surface area (Å²) in [7, 11) is 2.09. The number of likely N-dealkylation sites (N-methyl/N-ethyl adjacent to an activating group) is 1. The Labute approximate surface area is 226 Å². The zero-order valence-electron chi connectivity index (χ0n) is 21.9. The van der Waals surface area contributed by atoms with Crippen molar-refractivity contribution in [3.8, 4) is 5.88 Å². The number of rotatable bonds is 7. The van der Waals surface area contributed by atoms with Crippen molar-refractivity contribution in [3.63, 3.8) is 0 Å². The lowest BCUT2D eigenvalue weighted by atomic mass is 10.00. The van der Waals surface area contributed by atoms with Gasteiger partial charge in [0, 0.05) is 48.3 Å². The Bertz CT molecular complexity index is 1520. The van der Waals surface area contributed by atoms with E-state index in [9.17, 15) is 19.8 Å². The van der Waals surface area contributed by atoms with Crippen molar-refractivity contribution in [1.29, 1.82) is 0 Å². The third-order valence-electron chi connectivity index (χ3n) is 7.15. The van der Waals surface area contributed by atoms with Crippen LogP contribution in [0.4, 0.5) is 11.4 Å². The molecule has 0 saturated carbocycles. The van der Waals surface area contributed by atoms with Crippen LogP contribution in [0.15, 0.2) is 77.8 Å². The summed E-state index contributed by atoms with van der Waals surface area (Å²) in [6, 6.07) is 21.2. The molecule has 0 spiro atoms. The van der Waals surface area contributed by atoms with E-state index in [1.165, 1.54) is 12.1 Å². The van der Waals surface area contributed by atoms with E-state index in [4.69, 9.17) is 4.99 Å². The van der Waals surface area contributed by atoms with Crippen LogP contribution in [0.5, 0.6) is 5.88 Å². The summed E-state index contributed by atoms with van der Waals surface area (Å²) in [6.45, 7) is 5.54. The molecule has 200 valence electrons. The third kappa shape index (κ3) is 5.69. The smallest absolute Gasteiger partial charge is 0.335 e. The SMILES string of the molecule is CC(C(=O)Nc1ccc(N=C(c2ccccc2)c2c(O)[nH]c3cc(C(=O)O)ccc23)cc1)N1CCN(C)CC1. The number of hydrogen-bond acceptors (Lipinski definition) is 6. The average Bonchev–Trinajstić information content (AvgIpc) is 3.27. The Kier molecular flexibility index (Phi) is 7.44. The molecule has 4 N–H and O–H groups in total. The van der Waals surface area contributed by atoms with Gasteiger partial charge in [0.15, 0.2) is 5.88 Å². The highest BCUT2D eigenvalue weighted by molar-refractivity contribution is 6.22. The van der Waals surface area contributed by atoms with E-state index in [1.54, 1.807) is 6.07 Å². The second-order valence-corrected chi connectivity index (χ2v) is 9.79. The van der Waals surface area contributed by atoms with Gasteiger partial charge < -0.3 is 25.4 Å².